The molecule has 0 saturated carbocycles. The van der Waals surface area contributed by atoms with Crippen molar-refractivity contribution in [3.63, 3.8) is 0 Å². The van der Waals surface area contributed by atoms with Crippen molar-refractivity contribution in [1.82, 2.24) is 10.2 Å². The first-order valence-electron chi connectivity index (χ1n) is 9.50. The number of carbonyl (C=O) groups is 1. The summed E-state index contributed by atoms with van der Waals surface area (Å²) in [5, 5.41) is 2.56. The second-order valence-electron chi connectivity index (χ2n) is 7.51. The highest BCUT2D eigenvalue weighted by Gasteiger charge is 2.37. The number of piperidine rings is 3. The minimum absolute atomic E-state index is 0.0575. The molecule has 2 aromatic carbocycles. The molecule has 3 aliphatic rings. The molecule has 1 amide bonds. The third-order valence-electron chi connectivity index (χ3n) is 5.64. The molecule has 2 bridgehead atoms. The summed E-state index contributed by atoms with van der Waals surface area (Å²) in [4.78, 5) is 14.8. The number of hydrogen-bond acceptors (Lipinski definition) is 3. The molecule has 1 N–H and O–H groups in total. The van der Waals surface area contributed by atoms with Crippen LogP contribution in [0.25, 0.3) is 0 Å². The van der Waals surface area contributed by atoms with Crippen molar-refractivity contribution in [2.45, 2.75) is 25.0 Å². The summed E-state index contributed by atoms with van der Waals surface area (Å²) in [5.41, 5.74) is 0.194. The highest BCUT2D eigenvalue weighted by molar-refractivity contribution is 5.69. The van der Waals surface area contributed by atoms with E-state index >= 15 is 0 Å². The Morgan fingerprint density at radius 2 is 1.72 bits per heavy atom. The van der Waals surface area contributed by atoms with Crippen molar-refractivity contribution in [1.29, 1.82) is 0 Å². The highest BCUT2D eigenvalue weighted by atomic mass is 19.2. The molecule has 0 spiro atoms. The van der Waals surface area contributed by atoms with Gasteiger partial charge in [0.1, 0.15) is 11.9 Å². The number of alkyl carbamates (subject to hydrolysis) is 1. The lowest BCUT2D eigenvalue weighted by Crippen LogP contribution is -2.52. The van der Waals surface area contributed by atoms with Crippen LogP contribution >= 0.6 is 0 Å². The van der Waals surface area contributed by atoms with Crippen molar-refractivity contribution in [2.24, 2.45) is 5.92 Å². The standard InChI is InChI=1S/C21H20F4N2O2/c22-15-3-1-2-13(8-15)20(14-9-16(23)19(25)17(24)10-14)26-21(28)29-18-11-27-6-4-12(18)5-7-27/h1-3,8-10,12,18,20H,4-7,11H2,(H,26,28). The number of nitrogens with zero attached hydrogens (tertiary/aromatic N) is 1. The number of hydrogen-bond donors (Lipinski definition) is 1. The predicted octanol–water partition coefficient (Wildman–Crippen LogP) is 4.15. The second kappa shape index (κ2) is 8.02. The zero-order chi connectivity index (χ0) is 20.5. The minimum atomic E-state index is -1.61. The van der Waals surface area contributed by atoms with Gasteiger partial charge in [-0.05, 0) is 67.2 Å². The van der Waals surface area contributed by atoms with Crippen LogP contribution in [-0.4, -0.2) is 36.7 Å². The third kappa shape index (κ3) is 4.22. The van der Waals surface area contributed by atoms with E-state index in [0.717, 1.165) is 44.1 Å². The quantitative estimate of drug-likeness (QED) is 0.611. The van der Waals surface area contributed by atoms with Crippen LogP contribution in [0.5, 0.6) is 0 Å². The monoisotopic (exact) mass is 408 g/mol. The summed E-state index contributed by atoms with van der Waals surface area (Å²) < 4.78 is 60.2. The largest absolute Gasteiger partial charge is 0.445 e. The fourth-order valence-corrected chi connectivity index (χ4v) is 4.12. The maximum absolute atomic E-state index is 13.8. The zero-order valence-corrected chi connectivity index (χ0v) is 15.5. The lowest BCUT2D eigenvalue weighted by molar-refractivity contribution is -0.0336. The number of benzene rings is 2. The van der Waals surface area contributed by atoms with Crippen LogP contribution in [0, 0.1) is 29.2 Å². The van der Waals surface area contributed by atoms with Gasteiger partial charge in [-0.15, -0.1) is 0 Å². The summed E-state index contributed by atoms with van der Waals surface area (Å²) in [6.45, 7) is 2.60. The van der Waals surface area contributed by atoms with Crippen molar-refractivity contribution < 1.29 is 27.1 Å². The summed E-state index contributed by atoms with van der Waals surface area (Å²) >= 11 is 0. The van der Waals surface area contributed by atoms with E-state index in [1.54, 1.807) is 0 Å². The van der Waals surface area contributed by atoms with Gasteiger partial charge in [-0.25, -0.2) is 22.4 Å². The number of rotatable bonds is 4. The maximum atomic E-state index is 13.8. The molecule has 3 heterocycles. The van der Waals surface area contributed by atoms with E-state index in [1.165, 1.54) is 18.2 Å². The second-order valence-corrected chi connectivity index (χ2v) is 7.51. The van der Waals surface area contributed by atoms with E-state index in [1.807, 2.05) is 0 Å². The molecule has 2 aromatic rings. The number of carbonyl (C=O) groups excluding carboxylic acids is 1. The van der Waals surface area contributed by atoms with Crippen molar-refractivity contribution in [3.8, 4) is 0 Å². The van der Waals surface area contributed by atoms with Gasteiger partial charge in [-0.2, -0.15) is 0 Å². The maximum Gasteiger partial charge on any atom is 0.408 e. The average molecular weight is 408 g/mol. The van der Waals surface area contributed by atoms with Crippen molar-refractivity contribution in [2.75, 3.05) is 19.6 Å². The molecular weight excluding hydrogens is 388 g/mol. The SMILES string of the molecule is O=C(NC(c1cccc(F)c1)c1cc(F)c(F)c(F)c1)OC1CN2CCC1CC2. The summed E-state index contributed by atoms with van der Waals surface area (Å²) in [7, 11) is 0. The molecule has 2 atom stereocenters. The number of ether oxygens (including phenoxy) is 1. The predicted molar refractivity (Wildman–Crippen MR) is 97.1 cm³/mol. The average Bonchev–Trinajstić information content (AvgIpc) is 2.71. The van der Waals surface area contributed by atoms with Crippen LogP contribution < -0.4 is 5.32 Å². The first kappa shape index (κ1) is 19.7. The topological polar surface area (TPSA) is 41.6 Å². The Morgan fingerprint density at radius 1 is 1.03 bits per heavy atom. The fourth-order valence-electron chi connectivity index (χ4n) is 4.12. The van der Waals surface area contributed by atoms with Gasteiger partial charge in [0.25, 0.3) is 0 Å². The first-order chi connectivity index (χ1) is 13.9. The Balaban J connectivity index is 1.58. The Labute approximate surface area is 165 Å². The molecular formula is C21H20F4N2O2. The Morgan fingerprint density at radius 3 is 2.31 bits per heavy atom. The third-order valence-corrected chi connectivity index (χ3v) is 5.64. The summed E-state index contributed by atoms with van der Waals surface area (Å²) in [5.74, 6) is -4.70. The van der Waals surface area contributed by atoms with Crippen molar-refractivity contribution >= 4 is 6.09 Å². The van der Waals surface area contributed by atoms with Crippen LogP contribution in [0.3, 0.4) is 0 Å². The van der Waals surface area contributed by atoms with Crippen LogP contribution in [0.4, 0.5) is 22.4 Å². The molecule has 5 rings (SSSR count). The number of amides is 1. The molecule has 3 aliphatic heterocycles. The molecule has 0 aliphatic carbocycles. The Hall–Kier alpha value is -2.61. The van der Waals surface area contributed by atoms with E-state index in [-0.39, 0.29) is 23.1 Å². The van der Waals surface area contributed by atoms with Gasteiger partial charge in [-0.1, -0.05) is 12.1 Å². The molecule has 0 aromatic heterocycles. The molecule has 154 valence electrons. The van der Waals surface area contributed by atoms with E-state index in [4.69, 9.17) is 4.74 Å². The summed E-state index contributed by atoms with van der Waals surface area (Å²) in [6, 6.07) is 5.71. The van der Waals surface area contributed by atoms with Crippen LogP contribution in [-0.2, 0) is 4.74 Å². The van der Waals surface area contributed by atoms with E-state index in [0.29, 0.717) is 6.54 Å². The number of halogens is 4. The fraction of sp³-hybridized carbons (Fsp3) is 0.381. The first-order valence-corrected chi connectivity index (χ1v) is 9.50. The molecule has 0 radical (unpaired) electrons. The van der Waals surface area contributed by atoms with E-state index in [2.05, 4.69) is 10.2 Å². The Bertz CT molecular complexity index is 892. The number of fused-ring (bicyclic) bond motifs is 3. The van der Waals surface area contributed by atoms with Gasteiger partial charge in [-0.3, -0.25) is 4.90 Å². The zero-order valence-electron chi connectivity index (χ0n) is 15.5. The van der Waals surface area contributed by atoms with Gasteiger partial charge in [0.15, 0.2) is 17.5 Å². The molecule has 4 nitrogen and oxygen atoms in total. The molecule has 3 fully saturated rings. The van der Waals surface area contributed by atoms with Gasteiger partial charge in [0.05, 0.1) is 6.04 Å². The summed E-state index contributed by atoms with van der Waals surface area (Å²) in [6.07, 6.45) is 0.842. The smallest absolute Gasteiger partial charge is 0.408 e. The number of nitrogens with one attached hydrogen (secondary N) is 1. The molecule has 3 saturated heterocycles. The highest BCUT2D eigenvalue weighted by Crippen LogP contribution is 2.30. The van der Waals surface area contributed by atoms with E-state index < -0.39 is 35.4 Å². The normalized spacial score (nSPS) is 24.2. The van der Waals surface area contributed by atoms with Crippen LogP contribution in [0.15, 0.2) is 36.4 Å². The molecule has 29 heavy (non-hydrogen) atoms. The lowest BCUT2D eigenvalue weighted by atomic mass is 9.86. The van der Waals surface area contributed by atoms with Gasteiger partial charge < -0.3 is 10.1 Å². The lowest BCUT2D eigenvalue weighted by Gasteiger charge is -2.43. The Kier molecular flexibility index (Phi) is 5.45. The minimum Gasteiger partial charge on any atom is -0.445 e. The van der Waals surface area contributed by atoms with Gasteiger partial charge in [0.2, 0.25) is 0 Å². The molecule has 2 unspecified atom stereocenters. The molecule has 8 heteroatoms. The van der Waals surface area contributed by atoms with E-state index in [9.17, 15) is 22.4 Å². The van der Waals surface area contributed by atoms with Crippen LogP contribution in [0.2, 0.25) is 0 Å². The van der Waals surface area contributed by atoms with Crippen molar-refractivity contribution in [3.05, 3.63) is 70.8 Å². The van der Waals surface area contributed by atoms with Crippen LogP contribution in [0.1, 0.15) is 30.0 Å². The van der Waals surface area contributed by atoms with Gasteiger partial charge >= 0.3 is 6.09 Å². The van der Waals surface area contributed by atoms with Gasteiger partial charge in [0, 0.05) is 6.54 Å².